The maximum absolute atomic E-state index is 12.1. The Morgan fingerprint density at radius 3 is 1.81 bits per heavy atom. The highest BCUT2D eigenvalue weighted by Crippen LogP contribution is 2.19. The van der Waals surface area contributed by atoms with Crippen LogP contribution in [0.3, 0.4) is 0 Å². The molecule has 0 aliphatic heterocycles. The van der Waals surface area contributed by atoms with Gasteiger partial charge in [-0.1, -0.05) is 65.2 Å². The predicted molar refractivity (Wildman–Crippen MR) is 101 cm³/mol. The van der Waals surface area contributed by atoms with Crippen molar-refractivity contribution in [1.82, 2.24) is 0 Å². The molecule has 0 aliphatic carbocycles. The molecule has 27 heavy (non-hydrogen) atoms. The third-order valence-electron chi connectivity index (χ3n) is 4.25. The lowest BCUT2D eigenvalue weighted by atomic mass is 9.95. The van der Waals surface area contributed by atoms with Gasteiger partial charge in [0.15, 0.2) is 5.60 Å². The Morgan fingerprint density at radius 2 is 1.22 bits per heavy atom. The lowest BCUT2D eigenvalue weighted by molar-refractivity contribution is -0.176. The number of aliphatic carboxylic acids is 1. The maximum atomic E-state index is 12.1. The monoisotopic (exact) mass is 388 g/mol. The molecule has 0 amide bonds. The molecule has 0 aromatic carbocycles. The number of esters is 2. The fourth-order valence-corrected chi connectivity index (χ4v) is 2.64. The molecule has 2 N–H and O–H groups in total. The second-order valence-electron chi connectivity index (χ2n) is 6.96. The smallest absolute Gasteiger partial charge is 0.339 e. The van der Waals surface area contributed by atoms with Crippen molar-refractivity contribution in [3.63, 3.8) is 0 Å². The first kappa shape index (κ1) is 25.4. The van der Waals surface area contributed by atoms with E-state index in [0.29, 0.717) is 12.8 Å². The van der Waals surface area contributed by atoms with Crippen LogP contribution in [-0.2, 0) is 23.9 Å². The summed E-state index contributed by atoms with van der Waals surface area (Å²) in [5.41, 5.74) is -2.39. The number of hydrogen-bond donors (Lipinski definition) is 2. The normalized spacial score (nSPS) is 13.0. The zero-order valence-electron chi connectivity index (χ0n) is 16.8. The minimum Gasteiger partial charge on any atom is -0.481 e. The Kier molecular flexibility index (Phi) is 14.5. The minimum atomic E-state index is -2.39. The third kappa shape index (κ3) is 13.2. The van der Waals surface area contributed by atoms with E-state index in [2.05, 4.69) is 6.92 Å². The molecule has 0 aromatic rings. The van der Waals surface area contributed by atoms with E-state index < -0.39 is 36.4 Å². The number of carbonyl (C=O) groups excluding carboxylic acids is 2. The molecule has 7 nitrogen and oxygen atoms in total. The second kappa shape index (κ2) is 15.4. The molecule has 158 valence electrons. The number of carboxylic acids is 1. The van der Waals surface area contributed by atoms with E-state index in [4.69, 9.17) is 14.6 Å². The van der Waals surface area contributed by atoms with Crippen LogP contribution in [0.5, 0.6) is 0 Å². The third-order valence-corrected chi connectivity index (χ3v) is 4.25. The molecule has 0 fully saturated rings. The summed E-state index contributed by atoms with van der Waals surface area (Å²) >= 11 is 0. The van der Waals surface area contributed by atoms with Crippen LogP contribution < -0.4 is 0 Å². The van der Waals surface area contributed by atoms with Crippen molar-refractivity contribution in [2.45, 2.75) is 96.5 Å². The Hall–Kier alpha value is -1.63. The standard InChI is InChI=1S/C20H36O7/c1-3-5-7-8-9-10-12-13-26-18(23)16-20(25,15-17(21)22)19(24)27-14-11-6-4-2/h25H,3-16H2,1-2H3,(H,21,22). The van der Waals surface area contributed by atoms with Gasteiger partial charge in [-0.25, -0.2) is 4.79 Å². The fraction of sp³-hybridized carbons (Fsp3) is 0.850. The average molecular weight is 389 g/mol. The number of unbranched alkanes of at least 4 members (excludes halogenated alkanes) is 8. The summed E-state index contributed by atoms with van der Waals surface area (Å²) in [7, 11) is 0. The Morgan fingerprint density at radius 1 is 0.741 bits per heavy atom. The summed E-state index contributed by atoms with van der Waals surface area (Å²) in [5.74, 6) is -3.27. The molecular formula is C20H36O7. The lowest BCUT2D eigenvalue weighted by Crippen LogP contribution is -2.44. The van der Waals surface area contributed by atoms with Gasteiger partial charge in [0.05, 0.1) is 26.1 Å². The van der Waals surface area contributed by atoms with Crippen molar-refractivity contribution < 1.29 is 34.1 Å². The van der Waals surface area contributed by atoms with E-state index in [1.54, 1.807) is 0 Å². The highest BCUT2D eigenvalue weighted by atomic mass is 16.6. The van der Waals surface area contributed by atoms with Gasteiger partial charge in [0.2, 0.25) is 0 Å². The number of rotatable bonds is 17. The van der Waals surface area contributed by atoms with E-state index >= 15 is 0 Å². The van der Waals surface area contributed by atoms with Crippen LogP contribution in [-0.4, -0.2) is 46.9 Å². The summed E-state index contributed by atoms with van der Waals surface area (Å²) in [5, 5.41) is 19.3. The summed E-state index contributed by atoms with van der Waals surface area (Å²) in [4.78, 5) is 34.9. The van der Waals surface area contributed by atoms with E-state index in [9.17, 15) is 19.5 Å². The number of carboxylic acid groups (broad SMARTS) is 1. The summed E-state index contributed by atoms with van der Waals surface area (Å²) < 4.78 is 9.98. The second-order valence-corrected chi connectivity index (χ2v) is 6.96. The topological polar surface area (TPSA) is 110 Å². The average Bonchev–Trinajstić information content (AvgIpc) is 2.60. The number of carbonyl (C=O) groups is 3. The highest BCUT2D eigenvalue weighted by Gasteiger charge is 2.42. The van der Waals surface area contributed by atoms with Gasteiger partial charge < -0.3 is 19.7 Å². The van der Waals surface area contributed by atoms with Gasteiger partial charge in [-0.2, -0.15) is 0 Å². The number of hydrogen-bond acceptors (Lipinski definition) is 6. The fourth-order valence-electron chi connectivity index (χ4n) is 2.64. The zero-order valence-corrected chi connectivity index (χ0v) is 16.8. The number of ether oxygens (including phenoxy) is 2. The quantitative estimate of drug-likeness (QED) is 0.289. The lowest BCUT2D eigenvalue weighted by Gasteiger charge is -2.23. The van der Waals surface area contributed by atoms with Gasteiger partial charge >= 0.3 is 17.9 Å². The molecule has 0 saturated heterocycles. The van der Waals surface area contributed by atoms with Crippen LogP contribution >= 0.6 is 0 Å². The SMILES string of the molecule is CCCCCCCCCOC(=O)CC(O)(CC(=O)O)C(=O)OCCCCC. The molecule has 0 rings (SSSR count). The minimum absolute atomic E-state index is 0.0850. The van der Waals surface area contributed by atoms with Gasteiger partial charge in [-0.3, -0.25) is 9.59 Å². The van der Waals surface area contributed by atoms with Crippen molar-refractivity contribution >= 4 is 17.9 Å². The predicted octanol–water partition coefficient (Wildman–Crippen LogP) is 3.61. The van der Waals surface area contributed by atoms with Crippen LogP contribution in [0.2, 0.25) is 0 Å². The van der Waals surface area contributed by atoms with Crippen molar-refractivity contribution in [2.75, 3.05) is 13.2 Å². The summed E-state index contributed by atoms with van der Waals surface area (Å²) in [6.07, 6.45) is 8.29. The first-order valence-corrected chi connectivity index (χ1v) is 10.1. The largest absolute Gasteiger partial charge is 0.481 e. The Bertz CT molecular complexity index is 436. The first-order chi connectivity index (χ1) is 12.9. The molecular weight excluding hydrogens is 352 g/mol. The van der Waals surface area contributed by atoms with Gasteiger partial charge in [-0.15, -0.1) is 0 Å². The van der Waals surface area contributed by atoms with E-state index in [1.165, 1.54) is 19.3 Å². The van der Waals surface area contributed by atoms with Crippen molar-refractivity contribution in [1.29, 1.82) is 0 Å². The van der Waals surface area contributed by atoms with Crippen LogP contribution in [0.25, 0.3) is 0 Å². The van der Waals surface area contributed by atoms with Gasteiger partial charge in [-0.05, 0) is 12.8 Å². The van der Waals surface area contributed by atoms with E-state index in [-0.39, 0.29) is 13.2 Å². The van der Waals surface area contributed by atoms with Crippen LogP contribution in [0.1, 0.15) is 90.9 Å². The van der Waals surface area contributed by atoms with Gasteiger partial charge in [0.1, 0.15) is 0 Å². The number of aliphatic hydroxyl groups is 1. The molecule has 1 atom stereocenters. The van der Waals surface area contributed by atoms with Crippen LogP contribution in [0.4, 0.5) is 0 Å². The van der Waals surface area contributed by atoms with Gasteiger partial charge in [0.25, 0.3) is 0 Å². The Balaban J connectivity index is 4.27. The zero-order chi connectivity index (χ0) is 20.5. The van der Waals surface area contributed by atoms with Crippen LogP contribution in [0.15, 0.2) is 0 Å². The van der Waals surface area contributed by atoms with E-state index in [0.717, 1.165) is 32.1 Å². The molecule has 1 unspecified atom stereocenters. The Labute approximate surface area is 162 Å². The molecule has 0 bridgehead atoms. The van der Waals surface area contributed by atoms with Crippen molar-refractivity contribution in [2.24, 2.45) is 0 Å². The molecule has 0 spiro atoms. The van der Waals surface area contributed by atoms with Gasteiger partial charge in [0, 0.05) is 0 Å². The molecule has 0 aliphatic rings. The van der Waals surface area contributed by atoms with Crippen LogP contribution in [0, 0.1) is 0 Å². The summed E-state index contributed by atoms with van der Waals surface area (Å²) in [6.45, 7) is 4.43. The van der Waals surface area contributed by atoms with Crippen molar-refractivity contribution in [3.05, 3.63) is 0 Å². The van der Waals surface area contributed by atoms with E-state index in [1.807, 2.05) is 6.92 Å². The molecule has 0 radical (unpaired) electrons. The maximum Gasteiger partial charge on any atom is 0.339 e. The molecule has 0 aromatic heterocycles. The first-order valence-electron chi connectivity index (χ1n) is 10.1. The summed E-state index contributed by atoms with van der Waals surface area (Å²) in [6, 6.07) is 0. The molecule has 0 heterocycles. The van der Waals surface area contributed by atoms with Crippen molar-refractivity contribution in [3.8, 4) is 0 Å². The highest BCUT2D eigenvalue weighted by molar-refractivity contribution is 5.89. The molecule has 0 saturated carbocycles. The molecule has 7 heteroatoms.